The molecule has 0 aliphatic heterocycles. The zero-order valence-electron chi connectivity index (χ0n) is 10.8. The fraction of sp³-hybridized carbons (Fsp3) is 0.286. The van der Waals surface area contributed by atoms with Gasteiger partial charge in [-0.3, -0.25) is 0 Å². The summed E-state index contributed by atoms with van der Waals surface area (Å²) in [6.07, 6.45) is 3.67. The molecule has 18 heavy (non-hydrogen) atoms. The van der Waals surface area contributed by atoms with Crippen molar-refractivity contribution in [3.63, 3.8) is 0 Å². The Balaban J connectivity index is 2.20. The fourth-order valence-electron chi connectivity index (χ4n) is 1.76. The summed E-state index contributed by atoms with van der Waals surface area (Å²) in [6.45, 7) is 5.64. The number of nitrogens with two attached hydrogens (primary N) is 1. The van der Waals surface area contributed by atoms with E-state index >= 15 is 0 Å². The highest BCUT2D eigenvalue weighted by Gasteiger charge is 2.09. The first-order chi connectivity index (χ1) is 8.70. The van der Waals surface area contributed by atoms with Gasteiger partial charge < -0.3 is 10.6 Å². The van der Waals surface area contributed by atoms with Crippen molar-refractivity contribution in [1.82, 2.24) is 9.97 Å². The summed E-state index contributed by atoms with van der Waals surface area (Å²) in [5, 5.41) is 0. The molecule has 0 atom stereocenters. The molecule has 0 bridgehead atoms. The van der Waals surface area contributed by atoms with E-state index in [4.69, 9.17) is 5.73 Å². The SMILES string of the molecule is CCN(Cc1ccccc1N)c1ncc(C)cn1. The molecule has 2 N–H and O–H groups in total. The van der Waals surface area contributed by atoms with Crippen LogP contribution in [0.15, 0.2) is 36.7 Å². The lowest BCUT2D eigenvalue weighted by Crippen LogP contribution is -2.24. The van der Waals surface area contributed by atoms with Crippen LogP contribution >= 0.6 is 0 Å². The quantitative estimate of drug-likeness (QED) is 0.836. The molecule has 0 spiro atoms. The molecular weight excluding hydrogens is 224 g/mol. The number of hydrogen-bond donors (Lipinski definition) is 1. The van der Waals surface area contributed by atoms with Gasteiger partial charge in [-0.25, -0.2) is 9.97 Å². The van der Waals surface area contributed by atoms with Gasteiger partial charge in [-0.05, 0) is 31.0 Å². The fourth-order valence-corrected chi connectivity index (χ4v) is 1.76. The Morgan fingerprint density at radius 3 is 2.44 bits per heavy atom. The van der Waals surface area contributed by atoms with E-state index in [1.807, 2.05) is 43.6 Å². The molecule has 1 aromatic heterocycles. The molecule has 1 heterocycles. The second-order valence-corrected chi connectivity index (χ2v) is 4.27. The van der Waals surface area contributed by atoms with E-state index < -0.39 is 0 Å². The predicted octanol–water partition coefficient (Wildman–Crippen LogP) is 2.39. The van der Waals surface area contributed by atoms with E-state index in [9.17, 15) is 0 Å². The molecule has 0 fully saturated rings. The van der Waals surface area contributed by atoms with Gasteiger partial charge in [-0.1, -0.05) is 18.2 Å². The van der Waals surface area contributed by atoms with Gasteiger partial charge in [-0.2, -0.15) is 0 Å². The highest BCUT2D eigenvalue weighted by atomic mass is 15.2. The molecule has 2 aromatic rings. The van der Waals surface area contributed by atoms with Crippen molar-refractivity contribution in [2.24, 2.45) is 0 Å². The van der Waals surface area contributed by atoms with Gasteiger partial charge in [0.05, 0.1) is 0 Å². The van der Waals surface area contributed by atoms with Crippen LogP contribution in [0.3, 0.4) is 0 Å². The van der Waals surface area contributed by atoms with Crippen LogP contribution in [0.1, 0.15) is 18.1 Å². The summed E-state index contributed by atoms with van der Waals surface area (Å²) < 4.78 is 0. The summed E-state index contributed by atoms with van der Waals surface area (Å²) in [4.78, 5) is 10.8. The zero-order chi connectivity index (χ0) is 13.0. The second-order valence-electron chi connectivity index (χ2n) is 4.27. The molecule has 4 heteroatoms. The van der Waals surface area contributed by atoms with Crippen LogP contribution in [-0.4, -0.2) is 16.5 Å². The summed E-state index contributed by atoms with van der Waals surface area (Å²) in [5.41, 5.74) is 8.93. The van der Waals surface area contributed by atoms with E-state index in [0.717, 1.165) is 35.9 Å². The average molecular weight is 242 g/mol. The molecule has 0 aliphatic carbocycles. The molecule has 1 aromatic carbocycles. The van der Waals surface area contributed by atoms with Crippen molar-refractivity contribution >= 4 is 11.6 Å². The number of para-hydroxylation sites is 1. The van der Waals surface area contributed by atoms with Crippen molar-refractivity contribution < 1.29 is 0 Å². The Morgan fingerprint density at radius 2 is 1.83 bits per heavy atom. The first kappa shape index (κ1) is 12.4. The first-order valence-electron chi connectivity index (χ1n) is 6.07. The average Bonchev–Trinajstić information content (AvgIpc) is 2.39. The number of hydrogen-bond acceptors (Lipinski definition) is 4. The first-order valence-corrected chi connectivity index (χ1v) is 6.07. The highest BCUT2D eigenvalue weighted by molar-refractivity contribution is 5.48. The lowest BCUT2D eigenvalue weighted by atomic mass is 10.2. The maximum atomic E-state index is 5.96. The molecule has 0 saturated heterocycles. The molecular formula is C14H18N4. The van der Waals surface area contributed by atoms with Crippen molar-refractivity contribution in [1.29, 1.82) is 0 Å². The molecule has 94 valence electrons. The number of anilines is 2. The third kappa shape index (κ3) is 2.77. The molecule has 0 unspecified atom stereocenters. The molecule has 0 radical (unpaired) electrons. The van der Waals surface area contributed by atoms with Crippen LogP contribution in [0, 0.1) is 6.92 Å². The third-order valence-corrected chi connectivity index (χ3v) is 2.85. The summed E-state index contributed by atoms with van der Waals surface area (Å²) in [7, 11) is 0. The summed E-state index contributed by atoms with van der Waals surface area (Å²) in [6, 6.07) is 7.89. The lowest BCUT2D eigenvalue weighted by Gasteiger charge is -2.21. The Labute approximate surface area is 107 Å². The van der Waals surface area contributed by atoms with Crippen LogP contribution in [-0.2, 0) is 6.54 Å². The van der Waals surface area contributed by atoms with Gasteiger partial charge in [0.1, 0.15) is 0 Å². The predicted molar refractivity (Wildman–Crippen MR) is 74.3 cm³/mol. The molecule has 4 nitrogen and oxygen atoms in total. The number of aryl methyl sites for hydroxylation is 1. The number of benzene rings is 1. The number of nitrogen functional groups attached to an aromatic ring is 1. The third-order valence-electron chi connectivity index (χ3n) is 2.85. The summed E-state index contributed by atoms with van der Waals surface area (Å²) >= 11 is 0. The molecule has 0 amide bonds. The van der Waals surface area contributed by atoms with Gasteiger partial charge in [0.15, 0.2) is 0 Å². The van der Waals surface area contributed by atoms with Crippen LogP contribution in [0.4, 0.5) is 11.6 Å². The Kier molecular flexibility index (Phi) is 3.77. The standard InChI is InChI=1S/C14H18N4/c1-3-18(14-16-8-11(2)9-17-14)10-12-6-4-5-7-13(12)15/h4-9H,3,10,15H2,1-2H3. The number of nitrogens with zero attached hydrogens (tertiary/aromatic N) is 3. The topological polar surface area (TPSA) is 55.0 Å². The number of aromatic nitrogens is 2. The van der Waals surface area contributed by atoms with Crippen LogP contribution in [0.5, 0.6) is 0 Å². The molecule has 0 saturated carbocycles. The largest absolute Gasteiger partial charge is 0.398 e. The highest BCUT2D eigenvalue weighted by Crippen LogP contribution is 2.16. The van der Waals surface area contributed by atoms with Crippen LogP contribution < -0.4 is 10.6 Å². The zero-order valence-corrected chi connectivity index (χ0v) is 10.8. The van der Waals surface area contributed by atoms with E-state index in [0.29, 0.717) is 0 Å². The lowest BCUT2D eigenvalue weighted by molar-refractivity contribution is 0.791. The van der Waals surface area contributed by atoms with Gasteiger partial charge in [0, 0.05) is 31.2 Å². The van der Waals surface area contributed by atoms with Gasteiger partial charge in [0.2, 0.25) is 5.95 Å². The molecule has 2 rings (SSSR count). The van der Waals surface area contributed by atoms with Gasteiger partial charge >= 0.3 is 0 Å². The smallest absolute Gasteiger partial charge is 0.225 e. The monoisotopic (exact) mass is 242 g/mol. The van der Waals surface area contributed by atoms with E-state index in [1.165, 1.54) is 0 Å². The maximum absolute atomic E-state index is 5.96. The van der Waals surface area contributed by atoms with Crippen LogP contribution in [0.25, 0.3) is 0 Å². The van der Waals surface area contributed by atoms with Crippen molar-refractivity contribution in [3.8, 4) is 0 Å². The van der Waals surface area contributed by atoms with E-state index in [1.54, 1.807) is 0 Å². The summed E-state index contributed by atoms with van der Waals surface area (Å²) in [5.74, 6) is 0.742. The van der Waals surface area contributed by atoms with Crippen molar-refractivity contribution in [2.75, 3.05) is 17.2 Å². The minimum absolute atomic E-state index is 0.728. The Hall–Kier alpha value is -2.10. The Bertz CT molecular complexity index is 507. The van der Waals surface area contributed by atoms with Crippen LogP contribution in [0.2, 0.25) is 0 Å². The van der Waals surface area contributed by atoms with E-state index in [2.05, 4.69) is 21.8 Å². The minimum Gasteiger partial charge on any atom is -0.398 e. The molecule has 0 aliphatic rings. The minimum atomic E-state index is 0.728. The number of rotatable bonds is 4. The van der Waals surface area contributed by atoms with Gasteiger partial charge in [-0.15, -0.1) is 0 Å². The van der Waals surface area contributed by atoms with Crippen molar-refractivity contribution in [3.05, 3.63) is 47.8 Å². The second kappa shape index (κ2) is 5.49. The Morgan fingerprint density at radius 1 is 1.17 bits per heavy atom. The normalized spacial score (nSPS) is 10.3. The maximum Gasteiger partial charge on any atom is 0.225 e. The van der Waals surface area contributed by atoms with Gasteiger partial charge in [0.25, 0.3) is 0 Å². The van der Waals surface area contributed by atoms with Crippen molar-refractivity contribution in [2.45, 2.75) is 20.4 Å². The van der Waals surface area contributed by atoms with E-state index in [-0.39, 0.29) is 0 Å².